The van der Waals surface area contributed by atoms with Crippen molar-refractivity contribution >= 4 is 34.8 Å². The van der Waals surface area contributed by atoms with Gasteiger partial charge in [0.2, 0.25) is 0 Å². The maximum Gasteiger partial charge on any atom is 0.0793 e. The molecule has 0 saturated heterocycles. The van der Waals surface area contributed by atoms with Crippen LogP contribution >= 0.6 is 34.8 Å². The molecule has 15 heavy (non-hydrogen) atoms. The lowest BCUT2D eigenvalue weighted by Gasteiger charge is -2.04. The van der Waals surface area contributed by atoms with Crippen LogP contribution in [0.3, 0.4) is 0 Å². The zero-order chi connectivity index (χ0) is 10.8. The summed E-state index contributed by atoms with van der Waals surface area (Å²) < 4.78 is 1.60. The highest BCUT2D eigenvalue weighted by Gasteiger charge is 2.06. The van der Waals surface area contributed by atoms with Crippen LogP contribution in [0, 0.1) is 0 Å². The van der Waals surface area contributed by atoms with E-state index in [1.165, 1.54) is 0 Å². The van der Waals surface area contributed by atoms with Crippen LogP contribution in [0.1, 0.15) is 5.69 Å². The zero-order valence-corrected chi connectivity index (χ0v) is 9.76. The highest BCUT2D eigenvalue weighted by Crippen LogP contribution is 2.22. The van der Waals surface area contributed by atoms with Crippen LogP contribution < -0.4 is 0 Å². The largest absolute Gasteiger partial charge is 0.216 e. The van der Waals surface area contributed by atoms with Crippen molar-refractivity contribution in [3.63, 3.8) is 0 Å². The number of alkyl halides is 1. The molecule has 1 aromatic carbocycles. The minimum atomic E-state index is 0.330. The van der Waals surface area contributed by atoms with Crippen molar-refractivity contribution in [2.75, 3.05) is 0 Å². The van der Waals surface area contributed by atoms with Crippen molar-refractivity contribution in [2.24, 2.45) is 0 Å². The quantitative estimate of drug-likeness (QED) is 0.777. The molecule has 0 aliphatic heterocycles. The summed E-state index contributed by atoms with van der Waals surface area (Å²) in [5, 5.41) is 8.77. The van der Waals surface area contributed by atoms with Gasteiger partial charge < -0.3 is 0 Å². The monoisotopic (exact) mass is 261 g/mol. The molecular formula is C9H6Cl3N3. The number of aromatic nitrogens is 3. The normalized spacial score (nSPS) is 10.6. The molecule has 0 amide bonds. The van der Waals surface area contributed by atoms with Crippen LogP contribution in [0.25, 0.3) is 5.69 Å². The predicted octanol–water partition coefficient (Wildman–Crippen LogP) is 3.31. The summed E-state index contributed by atoms with van der Waals surface area (Å²) in [6, 6.07) is 5.15. The molecule has 0 spiro atoms. The summed E-state index contributed by atoms with van der Waals surface area (Å²) >= 11 is 17.5. The van der Waals surface area contributed by atoms with Crippen LogP contribution in [0.4, 0.5) is 0 Å². The third-order valence-corrected chi connectivity index (χ3v) is 2.56. The first-order chi connectivity index (χ1) is 7.20. The molecule has 0 radical (unpaired) electrons. The fourth-order valence-electron chi connectivity index (χ4n) is 1.23. The van der Waals surface area contributed by atoms with Gasteiger partial charge in [0.25, 0.3) is 0 Å². The van der Waals surface area contributed by atoms with Crippen molar-refractivity contribution in [3.8, 4) is 5.69 Å². The molecule has 0 aliphatic carbocycles. The number of hydrogen-bond donors (Lipinski definition) is 0. The van der Waals surface area contributed by atoms with E-state index in [1.807, 2.05) is 0 Å². The van der Waals surface area contributed by atoms with Crippen molar-refractivity contribution in [2.45, 2.75) is 5.88 Å². The van der Waals surface area contributed by atoms with Gasteiger partial charge in [-0.15, -0.1) is 16.7 Å². The van der Waals surface area contributed by atoms with Gasteiger partial charge in [0, 0.05) is 10.0 Å². The number of hydrogen-bond acceptors (Lipinski definition) is 2. The lowest BCUT2D eigenvalue weighted by Crippen LogP contribution is -2.00. The van der Waals surface area contributed by atoms with Gasteiger partial charge in [-0.25, -0.2) is 4.68 Å². The molecule has 78 valence electrons. The summed E-state index contributed by atoms with van der Waals surface area (Å²) in [6.45, 7) is 0. The average molecular weight is 263 g/mol. The van der Waals surface area contributed by atoms with E-state index in [1.54, 1.807) is 29.1 Å². The minimum absolute atomic E-state index is 0.330. The summed E-state index contributed by atoms with van der Waals surface area (Å²) in [7, 11) is 0. The Bertz CT molecular complexity index is 461. The molecule has 0 N–H and O–H groups in total. The predicted molar refractivity (Wildman–Crippen MR) is 60.9 cm³/mol. The fourth-order valence-corrected chi connectivity index (χ4v) is 1.92. The van der Waals surface area contributed by atoms with Gasteiger partial charge in [-0.2, -0.15) is 0 Å². The van der Waals surface area contributed by atoms with Gasteiger partial charge in [0.05, 0.1) is 23.5 Å². The Morgan fingerprint density at radius 1 is 1.13 bits per heavy atom. The topological polar surface area (TPSA) is 30.7 Å². The summed E-state index contributed by atoms with van der Waals surface area (Å²) in [5.41, 5.74) is 1.54. The Labute approximate surface area is 102 Å². The van der Waals surface area contributed by atoms with Gasteiger partial charge in [0.15, 0.2) is 0 Å². The van der Waals surface area contributed by atoms with E-state index in [0.717, 1.165) is 11.4 Å². The molecule has 1 aromatic heterocycles. The molecule has 0 saturated carbocycles. The van der Waals surface area contributed by atoms with Gasteiger partial charge in [-0.1, -0.05) is 28.4 Å². The van der Waals surface area contributed by atoms with Crippen LogP contribution in [0.5, 0.6) is 0 Å². The van der Waals surface area contributed by atoms with E-state index >= 15 is 0 Å². The third-order valence-electron chi connectivity index (χ3n) is 1.85. The van der Waals surface area contributed by atoms with Gasteiger partial charge in [0.1, 0.15) is 0 Å². The van der Waals surface area contributed by atoms with E-state index in [4.69, 9.17) is 34.8 Å². The molecule has 0 bridgehead atoms. The van der Waals surface area contributed by atoms with E-state index in [0.29, 0.717) is 15.9 Å². The molecular weight excluding hydrogens is 256 g/mol. The average Bonchev–Trinajstić information content (AvgIpc) is 2.63. The zero-order valence-electron chi connectivity index (χ0n) is 7.49. The Morgan fingerprint density at radius 2 is 1.80 bits per heavy atom. The second kappa shape index (κ2) is 4.39. The van der Waals surface area contributed by atoms with E-state index in [-0.39, 0.29) is 0 Å². The molecule has 2 rings (SSSR count). The standard InChI is InChI=1S/C9H6Cl3N3/c10-4-9-5-13-14-15(9)8-2-6(11)1-7(12)3-8/h1-3,5H,4H2. The summed E-state index contributed by atoms with van der Waals surface area (Å²) in [5.74, 6) is 0.330. The molecule has 3 nitrogen and oxygen atoms in total. The smallest absolute Gasteiger partial charge is 0.0793 e. The van der Waals surface area contributed by atoms with Crippen LogP contribution in [0.15, 0.2) is 24.4 Å². The Morgan fingerprint density at radius 3 is 2.40 bits per heavy atom. The summed E-state index contributed by atoms with van der Waals surface area (Å²) in [4.78, 5) is 0. The number of benzene rings is 1. The van der Waals surface area contributed by atoms with Gasteiger partial charge >= 0.3 is 0 Å². The lowest BCUT2D eigenvalue weighted by atomic mass is 10.3. The first-order valence-electron chi connectivity index (χ1n) is 4.12. The Hall–Kier alpha value is -0.770. The number of nitrogens with zero attached hydrogens (tertiary/aromatic N) is 3. The van der Waals surface area contributed by atoms with Crippen LogP contribution in [-0.4, -0.2) is 15.0 Å². The third kappa shape index (κ3) is 2.25. The van der Waals surface area contributed by atoms with Crippen molar-refractivity contribution in [1.29, 1.82) is 0 Å². The Balaban J connectivity index is 2.53. The van der Waals surface area contributed by atoms with Crippen molar-refractivity contribution in [3.05, 3.63) is 40.1 Å². The highest BCUT2D eigenvalue weighted by molar-refractivity contribution is 6.34. The number of halogens is 3. The minimum Gasteiger partial charge on any atom is -0.216 e. The highest BCUT2D eigenvalue weighted by atomic mass is 35.5. The van der Waals surface area contributed by atoms with E-state index in [9.17, 15) is 0 Å². The van der Waals surface area contributed by atoms with E-state index in [2.05, 4.69) is 10.3 Å². The number of rotatable bonds is 2. The van der Waals surface area contributed by atoms with Crippen molar-refractivity contribution in [1.82, 2.24) is 15.0 Å². The fraction of sp³-hybridized carbons (Fsp3) is 0.111. The molecule has 2 aromatic rings. The maximum atomic E-state index is 5.88. The second-order valence-corrected chi connectivity index (χ2v) is 4.04. The lowest BCUT2D eigenvalue weighted by molar-refractivity contribution is 0.781. The molecule has 6 heteroatoms. The molecule has 0 unspecified atom stereocenters. The van der Waals surface area contributed by atoms with Crippen molar-refractivity contribution < 1.29 is 0 Å². The van der Waals surface area contributed by atoms with Crippen LogP contribution in [0.2, 0.25) is 10.0 Å². The first kappa shape index (κ1) is 10.7. The summed E-state index contributed by atoms with van der Waals surface area (Å²) in [6.07, 6.45) is 1.60. The molecule has 0 atom stereocenters. The first-order valence-corrected chi connectivity index (χ1v) is 5.42. The molecule has 0 fully saturated rings. The van der Waals surface area contributed by atoms with Crippen LogP contribution in [-0.2, 0) is 5.88 Å². The Kier molecular flexibility index (Phi) is 3.14. The SMILES string of the molecule is ClCc1cnnn1-c1cc(Cl)cc(Cl)c1. The molecule has 1 heterocycles. The second-order valence-electron chi connectivity index (χ2n) is 2.90. The molecule has 0 aliphatic rings. The van der Waals surface area contributed by atoms with E-state index < -0.39 is 0 Å². The maximum absolute atomic E-state index is 5.88. The van der Waals surface area contributed by atoms with Gasteiger partial charge in [-0.05, 0) is 18.2 Å². The van der Waals surface area contributed by atoms with Gasteiger partial charge in [-0.3, -0.25) is 0 Å².